The van der Waals surface area contributed by atoms with Gasteiger partial charge in [-0.3, -0.25) is 0 Å². The zero-order valence-electron chi connectivity index (χ0n) is 23.6. The average Bonchev–Trinajstić information content (AvgIpc) is 3.39. The number of fused-ring (bicyclic) bond motifs is 5. The van der Waals surface area contributed by atoms with Crippen LogP contribution in [0.2, 0.25) is 0 Å². The summed E-state index contributed by atoms with van der Waals surface area (Å²) in [5, 5.41) is 44.7. The largest absolute Gasteiger partial charge is 0.458 e. The van der Waals surface area contributed by atoms with Gasteiger partial charge in [-0.05, 0) is 80.6 Å². The normalized spacial score (nSPS) is 55.3. The fourth-order valence-corrected chi connectivity index (χ4v) is 10.2. The molecule has 0 aromatic carbocycles. The molecule has 5 fully saturated rings. The van der Waals surface area contributed by atoms with Gasteiger partial charge in [-0.2, -0.15) is 0 Å². The minimum atomic E-state index is -1.06. The number of carbonyl (C=O) groups is 1. The van der Waals surface area contributed by atoms with E-state index < -0.39 is 47.8 Å². The summed E-state index contributed by atoms with van der Waals surface area (Å²) in [6, 6.07) is 0. The first kappa shape index (κ1) is 28.1. The summed E-state index contributed by atoms with van der Waals surface area (Å²) in [6.07, 6.45) is 3.40. The maximum atomic E-state index is 12.4. The van der Waals surface area contributed by atoms with E-state index in [2.05, 4.69) is 13.8 Å². The summed E-state index contributed by atoms with van der Waals surface area (Å²) >= 11 is 0. The zero-order chi connectivity index (χ0) is 27.9. The molecule has 9 unspecified atom stereocenters. The van der Waals surface area contributed by atoms with Crippen LogP contribution in [0.3, 0.4) is 0 Å². The average molecular weight is 551 g/mol. The predicted octanol–water partition coefficient (Wildman–Crippen LogP) is 2.08. The number of hydrogen-bond donors (Lipinski definition) is 4. The molecule has 4 N–H and O–H groups in total. The van der Waals surface area contributed by atoms with Crippen LogP contribution < -0.4 is 0 Å². The number of aliphatic hydroxyl groups is 4. The number of methoxy groups -OCH3 is 1. The van der Waals surface area contributed by atoms with Crippen molar-refractivity contribution >= 4 is 5.97 Å². The molecule has 0 amide bonds. The van der Waals surface area contributed by atoms with Gasteiger partial charge in [0.05, 0.1) is 23.9 Å². The Morgan fingerprint density at radius 2 is 1.79 bits per heavy atom. The maximum Gasteiger partial charge on any atom is 0.331 e. The van der Waals surface area contributed by atoms with Crippen LogP contribution >= 0.6 is 0 Å². The molecule has 6 rings (SSSR count). The first-order valence-corrected chi connectivity index (χ1v) is 14.9. The van der Waals surface area contributed by atoms with Gasteiger partial charge in [0.2, 0.25) is 0 Å². The van der Waals surface area contributed by atoms with Gasteiger partial charge in [-0.25, -0.2) is 4.79 Å². The van der Waals surface area contributed by atoms with Crippen molar-refractivity contribution in [3.63, 3.8) is 0 Å². The highest BCUT2D eigenvalue weighted by atomic mass is 16.7. The fourth-order valence-electron chi connectivity index (χ4n) is 10.2. The molecule has 0 spiro atoms. The lowest BCUT2D eigenvalue weighted by Gasteiger charge is -2.63. The summed E-state index contributed by atoms with van der Waals surface area (Å²) < 4.78 is 22.7. The number of aliphatic hydroxyl groups excluding tert-OH is 3. The van der Waals surface area contributed by atoms with Crippen LogP contribution in [0.15, 0.2) is 11.6 Å². The zero-order valence-corrected chi connectivity index (χ0v) is 23.6. The molecule has 0 radical (unpaired) electrons. The second-order valence-corrected chi connectivity index (χ2v) is 13.9. The molecule has 9 heteroatoms. The van der Waals surface area contributed by atoms with E-state index in [1.807, 2.05) is 0 Å². The van der Waals surface area contributed by atoms with E-state index in [0.717, 1.165) is 50.5 Å². The lowest BCUT2D eigenvalue weighted by atomic mass is 9.43. The van der Waals surface area contributed by atoms with Crippen LogP contribution in [0.1, 0.15) is 72.1 Å². The summed E-state index contributed by atoms with van der Waals surface area (Å²) in [7, 11) is 1.48. The molecular weight excluding hydrogens is 504 g/mol. The van der Waals surface area contributed by atoms with Gasteiger partial charge >= 0.3 is 5.97 Å². The second-order valence-electron chi connectivity index (χ2n) is 13.9. The maximum absolute atomic E-state index is 12.4. The Balaban J connectivity index is 1.17. The van der Waals surface area contributed by atoms with Crippen molar-refractivity contribution < 1.29 is 44.2 Å². The summed E-state index contributed by atoms with van der Waals surface area (Å²) in [6.45, 7) is 6.48. The monoisotopic (exact) mass is 550 g/mol. The third kappa shape index (κ3) is 4.09. The first-order chi connectivity index (χ1) is 18.4. The molecule has 220 valence electrons. The predicted molar refractivity (Wildman–Crippen MR) is 139 cm³/mol. The van der Waals surface area contributed by atoms with E-state index in [4.69, 9.17) is 18.9 Å². The minimum Gasteiger partial charge on any atom is -0.458 e. The summed E-state index contributed by atoms with van der Waals surface area (Å²) in [5.41, 5.74) is -0.601. The van der Waals surface area contributed by atoms with Crippen LogP contribution in [-0.4, -0.2) is 88.6 Å². The SMILES string of the molecule is CO[C@@H]1[C@@H](O)[C@H](OC2CCC3(C)C(CCC4C3CCC3(C)C(C5=CC(=O)OC5)C(O)CC43O)C2)O[C@H](C)[C@H]1O. The standard InChI is InChI=1S/C30H46O9/c1-15-24(33)26(36-4)25(34)27(38-15)39-18-7-9-28(2)17(12-18)5-6-20-19(28)8-10-29(3)23(16-11-22(32)37-14-16)21(31)13-30(20,29)35/h11,15,17-21,23-27,31,33-35H,5-10,12-14H2,1-4H3/t15-,17?,18?,19?,20?,21?,23?,24-,25-,26+,27+,28?,29?,30?/m1/s1. The topological polar surface area (TPSA) is 135 Å². The molecule has 4 saturated carbocycles. The number of rotatable bonds is 4. The first-order valence-electron chi connectivity index (χ1n) is 14.9. The second kappa shape index (κ2) is 9.75. The van der Waals surface area contributed by atoms with E-state index in [1.54, 1.807) is 6.92 Å². The third-order valence-electron chi connectivity index (χ3n) is 12.3. The molecule has 39 heavy (non-hydrogen) atoms. The quantitative estimate of drug-likeness (QED) is 0.307. The van der Waals surface area contributed by atoms with Gasteiger partial charge in [-0.1, -0.05) is 13.8 Å². The highest BCUT2D eigenvalue weighted by Gasteiger charge is 2.70. The van der Waals surface area contributed by atoms with Crippen molar-refractivity contribution in [1.82, 2.24) is 0 Å². The summed E-state index contributed by atoms with van der Waals surface area (Å²) in [5.74, 6) is 0.260. The fraction of sp³-hybridized carbons (Fsp3) is 0.900. The lowest BCUT2D eigenvalue weighted by Crippen LogP contribution is -2.62. The third-order valence-corrected chi connectivity index (χ3v) is 12.3. The molecule has 0 aromatic rings. The number of ether oxygens (including phenoxy) is 4. The van der Waals surface area contributed by atoms with Gasteiger partial charge in [0.15, 0.2) is 6.29 Å². The Bertz CT molecular complexity index is 1000. The van der Waals surface area contributed by atoms with E-state index >= 15 is 0 Å². The Morgan fingerprint density at radius 1 is 1.03 bits per heavy atom. The minimum absolute atomic E-state index is 0.0547. The number of esters is 1. The van der Waals surface area contributed by atoms with Crippen molar-refractivity contribution in [1.29, 1.82) is 0 Å². The molecule has 6 aliphatic rings. The van der Waals surface area contributed by atoms with E-state index in [9.17, 15) is 25.2 Å². The van der Waals surface area contributed by atoms with E-state index in [-0.39, 0.29) is 35.9 Å². The van der Waals surface area contributed by atoms with E-state index in [1.165, 1.54) is 13.2 Å². The molecule has 1 saturated heterocycles. The van der Waals surface area contributed by atoms with Crippen molar-refractivity contribution in [2.24, 2.45) is 34.5 Å². The molecule has 2 aliphatic heterocycles. The van der Waals surface area contributed by atoms with Gasteiger partial charge in [0.1, 0.15) is 24.9 Å². The molecular formula is C30H46O9. The van der Waals surface area contributed by atoms with Gasteiger partial charge in [0.25, 0.3) is 0 Å². The number of cyclic esters (lactones) is 1. The van der Waals surface area contributed by atoms with Gasteiger partial charge in [0, 0.05) is 30.9 Å². The Labute approximate surface area is 230 Å². The van der Waals surface area contributed by atoms with E-state index in [0.29, 0.717) is 18.3 Å². The molecule has 0 aromatic heterocycles. The lowest BCUT2D eigenvalue weighted by molar-refractivity contribution is -0.313. The Hall–Kier alpha value is -1.07. The molecule has 14 atom stereocenters. The molecule has 0 bridgehead atoms. The van der Waals surface area contributed by atoms with Crippen molar-refractivity contribution in [3.05, 3.63) is 11.6 Å². The molecule has 9 nitrogen and oxygen atoms in total. The van der Waals surface area contributed by atoms with Crippen molar-refractivity contribution in [2.45, 2.75) is 121 Å². The van der Waals surface area contributed by atoms with Crippen LogP contribution in [-0.2, 0) is 23.7 Å². The smallest absolute Gasteiger partial charge is 0.331 e. The molecule has 2 heterocycles. The Morgan fingerprint density at radius 3 is 2.49 bits per heavy atom. The Kier molecular flexibility index (Phi) is 7.02. The van der Waals surface area contributed by atoms with Crippen LogP contribution in [0.4, 0.5) is 0 Å². The van der Waals surface area contributed by atoms with Crippen molar-refractivity contribution in [2.75, 3.05) is 13.7 Å². The van der Waals surface area contributed by atoms with Crippen molar-refractivity contribution in [3.8, 4) is 0 Å². The number of carbonyl (C=O) groups excluding carboxylic acids is 1. The van der Waals surface area contributed by atoms with Gasteiger partial charge < -0.3 is 39.4 Å². The van der Waals surface area contributed by atoms with Crippen LogP contribution in [0.25, 0.3) is 0 Å². The highest BCUT2D eigenvalue weighted by molar-refractivity contribution is 5.85. The van der Waals surface area contributed by atoms with Gasteiger partial charge in [-0.15, -0.1) is 0 Å². The highest BCUT2D eigenvalue weighted by Crippen LogP contribution is 2.70. The summed E-state index contributed by atoms with van der Waals surface area (Å²) in [4.78, 5) is 11.8. The molecule has 4 aliphatic carbocycles. The number of hydrogen-bond acceptors (Lipinski definition) is 9. The van der Waals surface area contributed by atoms with Crippen LogP contribution in [0, 0.1) is 34.5 Å². The van der Waals surface area contributed by atoms with Crippen LogP contribution in [0.5, 0.6) is 0 Å².